The van der Waals surface area contributed by atoms with Crippen molar-refractivity contribution in [3.05, 3.63) is 17.2 Å². The van der Waals surface area contributed by atoms with Crippen LogP contribution in [0.2, 0.25) is 5.02 Å². The van der Waals surface area contributed by atoms with Gasteiger partial charge in [-0.05, 0) is 25.0 Å². The van der Waals surface area contributed by atoms with E-state index in [1.54, 1.807) is 0 Å². The summed E-state index contributed by atoms with van der Waals surface area (Å²) >= 11 is 6.00. The first-order valence-electron chi connectivity index (χ1n) is 9.19. The summed E-state index contributed by atoms with van der Waals surface area (Å²) in [6.45, 7) is 0. The third-order valence-corrected chi connectivity index (χ3v) is 7.61. The van der Waals surface area contributed by atoms with Gasteiger partial charge in [-0.2, -0.15) is 0 Å². The molecule has 0 radical (unpaired) electrons. The van der Waals surface area contributed by atoms with Crippen molar-refractivity contribution in [2.75, 3.05) is 19.4 Å². The van der Waals surface area contributed by atoms with Gasteiger partial charge in [-0.3, -0.25) is 9.59 Å². The largest absolute Gasteiger partial charge is 0.504 e. The van der Waals surface area contributed by atoms with Crippen LogP contribution in [0.5, 0.6) is 5.75 Å². The van der Waals surface area contributed by atoms with Gasteiger partial charge in [0.1, 0.15) is 17.0 Å². The van der Waals surface area contributed by atoms with Gasteiger partial charge < -0.3 is 15.7 Å². The van der Waals surface area contributed by atoms with Crippen LogP contribution in [0.1, 0.15) is 32.1 Å². The number of rotatable bonds is 6. The minimum atomic E-state index is -4.00. The van der Waals surface area contributed by atoms with Crippen LogP contribution in [0.3, 0.4) is 0 Å². The van der Waals surface area contributed by atoms with Crippen LogP contribution in [-0.2, 0) is 19.6 Å². The zero-order valence-corrected chi connectivity index (χ0v) is 17.3. The lowest BCUT2D eigenvalue weighted by Gasteiger charge is -2.38. The number of nitrogens with one attached hydrogen (secondary N) is 2. The van der Waals surface area contributed by atoms with E-state index in [0.717, 1.165) is 30.0 Å². The summed E-state index contributed by atoms with van der Waals surface area (Å²) in [5.41, 5.74) is 0.0334. The molecule has 0 spiro atoms. The Morgan fingerprint density at radius 1 is 1.07 bits per heavy atom. The fraction of sp³-hybridized carbons (Fsp3) is 0.556. The first kappa shape index (κ1) is 21.0. The number of ketones is 2. The maximum atomic E-state index is 12.5. The van der Waals surface area contributed by atoms with Gasteiger partial charge in [0.25, 0.3) is 0 Å². The zero-order valence-electron chi connectivity index (χ0n) is 15.7. The molecule has 3 rings (SSSR count). The average Bonchev–Trinajstić information content (AvgIpc) is 2.66. The normalized spacial score (nSPS) is 23.7. The van der Waals surface area contributed by atoms with E-state index in [4.69, 9.17) is 11.6 Å². The molecule has 8 nitrogen and oxygen atoms in total. The number of phenolic OH excluding ortho intramolecular Hbond substituents is 1. The third-order valence-electron chi connectivity index (χ3n) is 5.29. The molecule has 2 aliphatic rings. The molecule has 2 saturated carbocycles. The summed E-state index contributed by atoms with van der Waals surface area (Å²) in [6, 6.07) is 1.33. The molecule has 2 atom stereocenters. The molecule has 154 valence electrons. The molecular formula is C18H24ClN3O5S. The quantitative estimate of drug-likeness (QED) is 0.463. The fourth-order valence-electron chi connectivity index (χ4n) is 3.62. The van der Waals surface area contributed by atoms with Crippen LogP contribution in [0.4, 0.5) is 5.69 Å². The standard InChI is InChI=1S/C18H24ClN3O5S/c1-22(2)28(26,27)18-11(19)8-9-12(15(18)23)21-14-13(16(24)17(14)25)20-10-6-4-3-5-7-10/h8-10,13-14,20-21,23H,3-7H2,1-2H3. The smallest absolute Gasteiger partial charge is 0.247 e. The maximum absolute atomic E-state index is 12.5. The van der Waals surface area contributed by atoms with E-state index in [0.29, 0.717) is 0 Å². The summed E-state index contributed by atoms with van der Waals surface area (Å²) in [5, 5.41) is 16.4. The van der Waals surface area contributed by atoms with Gasteiger partial charge in [-0.1, -0.05) is 30.9 Å². The number of halogens is 1. The van der Waals surface area contributed by atoms with Gasteiger partial charge >= 0.3 is 0 Å². The molecule has 28 heavy (non-hydrogen) atoms. The molecule has 2 aliphatic carbocycles. The van der Waals surface area contributed by atoms with Gasteiger partial charge in [0.15, 0.2) is 5.75 Å². The number of Topliss-reactive ketones (excluding diaryl/α,β-unsaturated/α-hetero) is 2. The Morgan fingerprint density at radius 2 is 1.68 bits per heavy atom. The molecule has 2 fully saturated rings. The van der Waals surface area contributed by atoms with Crippen molar-refractivity contribution in [2.24, 2.45) is 0 Å². The second-order valence-corrected chi connectivity index (χ2v) is 9.89. The highest BCUT2D eigenvalue weighted by atomic mass is 35.5. The Bertz CT molecular complexity index is 897. The van der Waals surface area contributed by atoms with Crippen LogP contribution in [-0.4, -0.2) is 61.6 Å². The first-order chi connectivity index (χ1) is 13.1. The zero-order chi connectivity index (χ0) is 20.6. The number of nitrogens with zero attached hydrogens (tertiary/aromatic N) is 1. The number of benzene rings is 1. The molecule has 0 saturated heterocycles. The van der Waals surface area contributed by atoms with Crippen LogP contribution in [0.25, 0.3) is 0 Å². The molecule has 0 bridgehead atoms. The lowest BCUT2D eigenvalue weighted by molar-refractivity contribution is -0.145. The van der Waals surface area contributed by atoms with Crippen molar-refractivity contribution >= 4 is 38.9 Å². The lowest BCUT2D eigenvalue weighted by atomic mass is 9.81. The van der Waals surface area contributed by atoms with Crippen molar-refractivity contribution in [2.45, 2.75) is 55.1 Å². The SMILES string of the molecule is CN(C)S(=O)(=O)c1c(Cl)ccc(NC2C(=O)C(=O)C2NC2CCCCC2)c1O. The van der Waals surface area contributed by atoms with Crippen LogP contribution >= 0.6 is 11.6 Å². The van der Waals surface area contributed by atoms with E-state index in [2.05, 4.69) is 10.6 Å². The maximum Gasteiger partial charge on any atom is 0.247 e. The second kappa shape index (κ2) is 7.98. The van der Waals surface area contributed by atoms with Crippen molar-refractivity contribution in [1.29, 1.82) is 0 Å². The number of hydrogen-bond donors (Lipinski definition) is 3. The van der Waals surface area contributed by atoms with E-state index < -0.39 is 44.3 Å². The molecule has 3 N–H and O–H groups in total. The predicted molar refractivity (Wildman–Crippen MR) is 105 cm³/mol. The molecule has 0 amide bonds. The Balaban J connectivity index is 1.84. The number of sulfonamides is 1. The Morgan fingerprint density at radius 3 is 2.29 bits per heavy atom. The molecular weight excluding hydrogens is 406 g/mol. The van der Waals surface area contributed by atoms with Gasteiger partial charge in [0, 0.05) is 20.1 Å². The highest BCUT2D eigenvalue weighted by Gasteiger charge is 2.50. The molecule has 0 aromatic heterocycles. The Labute approximate surface area is 169 Å². The number of hydrogen-bond acceptors (Lipinski definition) is 7. The molecule has 0 aliphatic heterocycles. The second-order valence-electron chi connectivity index (χ2n) is 7.39. The lowest BCUT2D eigenvalue weighted by Crippen LogP contribution is -2.68. The minimum absolute atomic E-state index is 0.0334. The average molecular weight is 430 g/mol. The Hall–Kier alpha value is -1.68. The van der Waals surface area contributed by atoms with Crippen molar-refractivity contribution in [3.63, 3.8) is 0 Å². The molecule has 0 heterocycles. The monoisotopic (exact) mass is 429 g/mol. The summed E-state index contributed by atoms with van der Waals surface area (Å²) in [4.78, 5) is 23.7. The van der Waals surface area contributed by atoms with E-state index in [1.165, 1.54) is 32.6 Å². The van der Waals surface area contributed by atoms with Crippen LogP contribution in [0.15, 0.2) is 17.0 Å². The van der Waals surface area contributed by atoms with Crippen molar-refractivity contribution in [3.8, 4) is 5.75 Å². The first-order valence-corrected chi connectivity index (χ1v) is 11.0. The highest BCUT2D eigenvalue weighted by Crippen LogP contribution is 2.39. The van der Waals surface area contributed by atoms with E-state index in [9.17, 15) is 23.1 Å². The minimum Gasteiger partial charge on any atom is -0.504 e. The van der Waals surface area contributed by atoms with Gasteiger partial charge in [0.05, 0.1) is 10.7 Å². The molecule has 2 unspecified atom stereocenters. The van der Waals surface area contributed by atoms with Gasteiger partial charge in [-0.25, -0.2) is 12.7 Å². The van der Waals surface area contributed by atoms with Crippen molar-refractivity contribution < 1.29 is 23.1 Å². The highest BCUT2D eigenvalue weighted by molar-refractivity contribution is 7.89. The molecule has 10 heteroatoms. The number of phenols is 1. The Kier molecular flexibility index (Phi) is 6.00. The predicted octanol–water partition coefficient (Wildman–Crippen LogP) is 1.52. The van der Waals surface area contributed by atoms with E-state index in [1.807, 2.05) is 0 Å². The summed E-state index contributed by atoms with van der Waals surface area (Å²) in [6.07, 6.45) is 5.21. The number of anilines is 1. The van der Waals surface area contributed by atoms with Crippen LogP contribution in [0, 0.1) is 0 Å². The third kappa shape index (κ3) is 3.76. The van der Waals surface area contributed by atoms with Crippen LogP contribution < -0.4 is 10.6 Å². The van der Waals surface area contributed by atoms with E-state index >= 15 is 0 Å². The summed E-state index contributed by atoms with van der Waals surface area (Å²) in [7, 11) is -1.36. The van der Waals surface area contributed by atoms with E-state index in [-0.39, 0.29) is 16.8 Å². The molecule has 1 aromatic carbocycles. The topological polar surface area (TPSA) is 116 Å². The molecule has 1 aromatic rings. The summed E-state index contributed by atoms with van der Waals surface area (Å²) < 4.78 is 25.9. The van der Waals surface area contributed by atoms with Crippen molar-refractivity contribution in [1.82, 2.24) is 9.62 Å². The summed E-state index contributed by atoms with van der Waals surface area (Å²) in [5.74, 6) is -1.68. The van der Waals surface area contributed by atoms with Gasteiger partial charge in [-0.15, -0.1) is 0 Å². The van der Waals surface area contributed by atoms with Gasteiger partial charge in [0.2, 0.25) is 21.6 Å². The fourth-order valence-corrected chi connectivity index (χ4v) is 5.09. The number of carbonyl (C=O) groups is 2. The number of carbonyl (C=O) groups excluding carboxylic acids is 2. The number of aromatic hydroxyl groups is 1.